The van der Waals surface area contributed by atoms with Crippen molar-refractivity contribution in [3.8, 4) is 0 Å². The van der Waals surface area contributed by atoms with E-state index in [-0.39, 0.29) is 5.78 Å². The van der Waals surface area contributed by atoms with Crippen LogP contribution in [0, 0.1) is 0 Å². The van der Waals surface area contributed by atoms with Crippen molar-refractivity contribution in [1.82, 2.24) is 0 Å². The van der Waals surface area contributed by atoms with Gasteiger partial charge in [-0.15, -0.1) is 0 Å². The lowest BCUT2D eigenvalue weighted by Crippen LogP contribution is -1.81. The number of allylic oxidation sites excluding steroid dienone is 5. The first-order valence-corrected chi connectivity index (χ1v) is 2.77. The van der Waals surface area contributed by atoms with Gasteiger partial charge in [0.05, 0.1) is 0 Å². The highest BCUT2D eigenvalue weighted by Gasteiger charge is 1.81. The summed E-state index contributed by atoms with van der Waals surface area (Å²) >= 11 is 0. The Balaban J connectivity index is 3.76. The lowest BCUT2D eigenvalue weighted by Gasteiger charge is -1.76. The van der Waals surface area contributed by atoms with E-state index < -0.39 is 0 Å². The SMILES string of the molecule is C=C/C=C\C(=O)C=CC. The van der Waals surface area contributed by atoms with Crippen LogP contribution in [0.5, 0.6) is 0 Å². The molecule has 0 fully saturated rings. The van der Waals surface area contributed by atoms with Crippen molar-refractivity contribution in [1.29, 1.82) is 0 Å². The van der Waals surface area contributed by atoms with Crippen LogP contribution in [0.2, 0.25) is 0 Å². The van der Waals surface area contributed by atoms with Gasteiger partial charge in [0.1, 0.15) is 0 Å². The first-order chi connectivity index (χ1) is 4.31. The molecule has 0 aliphatic carbocycles. The fourth-order valence-corrected chi connectivity index (χ4v) is 0.383. The Morgan fingerprint density at radius 2 is 2.11 bits per heavy atom. The summed E-state index contributed by atoms with van der Waals surface area (Å²) in [6, 6.07) is 0. The Labute approximate surface area is 55.4 Å². The number of carbonyl (C=O) groups is 1. The molecule has 0 aromatic rings. The highest BCUT2D eigenvalue weighted by Crippen LogP contribution is 1.79. The van der Waals surface area contributed by atoms with Crippen molar-refractivity contribution < 1.29 is 4.79 Å². The molecule has 0 aromatic heterocycles. The van der Waals surface area contributed by atoms with Crippen molar-refractivity contribution in [2.75, 3.05) is 0 Å². The van der Waals surface area contributed by atoms with E-state index in [0.717, 1.165) is 0 Å². The molecule has 0 saturated carbocycles. The fraction of sp³-hybridized carbons (Fsp3) is 0.125. The predicted molar refractivity (Wildman–Crippen MR) is 39.2 cm³/mol. The molecule has 9 heavy (non-hydrogen) atoms. The molecular weight excluding hydrogens is 112 g/mol. The van der Waals surface area contributed by atoms with Crippen LogP contribution >= 0.6 is 0 Å². The molecule has 0 aromatic carbocycles. The summed E-state index contributed by atoms with van der Waals surface area (Å²) in [4.78, 5) is 10.6. The minimum Gasteiger partial charge on any atom is -0.290 e. The average molecular weight is 122 g/mol. The standard InChI is InChI=1S/C8H10O/c1-3-5-7-8(9)6-4-2/h3-7H,1H2,2H3/b6-4?,7-5-. The highest BCUT2D eigenvalue weighted by atomic mass is 16.1. The van der Waals surface area contributed by atoms with Crippen LogP contribution in [0.25, 0.3) is 0 Å². The molecule has 1 nitrogen and oxygen atoms in total. The van der Waals surface area contributed by atoms with Crippen LogP contribution in [-0.2, 0) is 4.79 Å². The lowest BCUT2D eigenvalue weighted by molar-refractivity contribution is -0.110. The first-order valence-electron chi connectivity index (χ1n) is 2.77. The van der Waals surface area contributed by atoms with Gasteiger partial charge in [-0.05, 0) is 19.1 Å². The lowest BCUT2D eigenvalue weighted by atomic mass is 10.3. The average Bonchev–Trinajstić information content (AvgIpc) is 1.85. The topological polar surface area (TPSA) is 17.1 Å². The zero-order chi connectivity index (χ0) is 7.11. The highest BCUT2D eigenvalue weighted by molar-refractivity contribution is 5.99. The zero-order valence-corrected chi connectivity index (χ0v) is 5.50. The number of hydrogen-bond donors (Lipinski definition) is 0. The Morgan fingerprint density at radius 3 is 2.56 bits per heavy atom. The van der Waals surface area contributed by atoms with Gasteiger partial charge < -0.3 is 0 Å². The monoisotopic (exact) mass is 122 g/mol. The van der Waals surface area contributed by atoms with Crippen LogP contribution in [0.3, 0.4) is 0 Å². The summed E-state index contributed by atoms with van der Waals surface area (Å²) < 4.78 is 0. The van der Waals surface area contributed by atoms with Crippen molar-refractivity contribution in [3.63, 3.8) is 0 Å². The summed E-state index contributed by atoms with van der Waals surface area (Å²) in [7, 11) is 0. The smallest absolute Gasteiger partial charge is 0.178 e. The molecule has 0 aliphatic rings. The summed E-state index contributed by atoms with van der Waals surface area (Å²) in [5.74, 6) is -0.00241. The molecule has 0 spiro atoms. The summed E-state index contributed by atoms with van der Waals surface area (Å²) in [5, 5.41) is 0. The van der Waals surface area contributed by atoms with E-state index in [1.807, 2.05) is 0 Å². The fourth-order valence-electron chi connectivity index (χ4n) is 0.383. The number of hydrogen-bond acceptors (Lipinski definition) is 1. The molecule has 1 heteroatoms. The van der Waals surface area contributed by atoms with Gasteiger partial charge in [-0.25, -0.2) is 0 Å². The molecule has 0 rings (SSSR count). The maximum absolute atomic E-state index is 10.6. The second-order valence-electron chi connectivity index (χ2n) is 1.50. The summed E-state index contributed by atoms with van der Waals surface area (Å²) in [6.45, 7) is 5.23. The van der Waals surface area contributed by atoms with E-state index in [4.69, 9.17) is 0 Å². The van der Waals surface area contributed by atoms with Gasteiger partial charge in [0.25, 0.3) is 0 Å². The largest absolute Gasteiger partial charge is 0.290 e. The van der Waals surface area contributed by atoms with Crippen molar-refractivity contribution in [3.05, 3.63) is 37.0 Å². The second kappa shape index (κ2) is 5.04. The number of rotatable bonds is 3. The Kier molecular flexibility index (Phi) is 4.41. The van der Waals surface area contributed by atoms with Crippen molar-refractivity contribution >= 4 is 5.78 Å². The van der Waals surface area contributed by atoms with Gasteiger partial charge in [0.15, 0.2) is 5.78 Å². The third-order valence-corrected chi connectivity index (χ3v) is 0.728. The molecule has 0 aliphatic heterocycles. The number of carbonyl (C=O) groups excluding carboxylic acids is 1. The molecule has 0 atom stereocenters. The third kappa shape index (κ3) is 4.75. The molecule has 0 heterocycles. The predicted octanol–water partition coefficient (Wildman–Crippen LogP) is 1.87. The van der Waals surface area contributed by atoms with Gasteiger partial charge in [0.2, 0.25) is 0 Å². The van der Waals surface area contributed by atoms with Crippen LogP contribution in [0.15, 0.2) is 37.0 Å². The minimum atomic E-state index is -0.00241. The third-order valence-electron chi connectivity index (χ3n) is 0.728. The van der Waals surface area contributed by atoms with E-state index in [2.05, 4.69) is 6.58 Å². The molecular formula is C8H10O. The van der Waals surface area contributed by atoms with Gasteiger partial charge in [-0.1, -0.05) is 24.8 Å². The van der Waals surface area contributed by atoms with Crippen LogP contribution < -0.4 is 0 Å². The van der Waals surface area contributed by atoms with Gasteiger partial charge in [0, 0.05) is 0 Å². The number of ketones is 1. The van der Waals surface area contributed by atoms with Crippen LogP contribution in [-0.4, -0.2) is 5.78 Å². The molecule has 0 amide bonds. The Hall–Kier alpha value is -1.11. The Bertz CT molecular complexity index is 152. The van der Waals surface area contributed by atoms with E-state index in [0.29, 0.717) is 0 Å². The van der Waals surface area contributed by atoms with Gasteiger partial charge in [-0.3, -0.25) is 4.79 Å². The second-order valence-corrected chi connectivity index (χ2v) is 1.50. The molecule has 0 bridgehead atoms. The van der Waals surface area contributed by atoms with E-state index in [1.165, 1.54) is 12.2 Å². The molecule has 0 unspecified atom stereocenters. The maximum atomic E-state index is 10.6. The van der Waals surface area contributed by atoms with Crippen molar-refractivity contribution in [2.45, 2.75) is 6.92 Å². The maximum Gasteiger partial charge on any atom is 0.178 e. The van der Waals surface area contributed by atoms with Crippen LogP contribution in [0.1, 0.15) is 6.92 Å². The first kappa shape index (κ1) is 7.89. The van der Waals surface area contributed by atoms with Crippen molar-refractivity contribution in [2.24, 2.45) is 0 Å². The van der Waals surface area contributed by atoms with Gasteiger partial charge >= 0.3 is 0 Å². The zero-order valence-electron chi connectivity index (χ0n) is 5.50. The summed E-state index contributed by atoms with van der Waals surface area (Å²) in [6.07, 6.45) is 7.85. The molecule has 0 radical (unpaired) electrons. The molecule has 48 valence electrons. The van der Waals surface area contributed by atoms with Crippen LogP contribution in [0.4, 0.5) is 0 Å². The molecule has 0 saturated heterocycles. The Morgan fingerprint density at radius 1 is 1.44 bits per heavy atom. The normalized spacial score (nSPS) is 10.8. The van der Waals surface area contributed by atoms with Gasteiger partial charge in [-0.2, -0.15) is 0 Å². The quantitative estimate of drug-likeness (QED) is 0.412. The minimum absolute atomic E-state index is 0.00241. The molecule has 0 N–H and O–H groups in total. The van der Waals surface area contributed by atoms with E-state index in [1.54, 1.807) is 25.2 Å². The van der Waals surface area contributed by atoms with E-state index in [9.17, 15) is 4.79 Å². The van der Waals surface area contributed by atoms with E-state index >= 15 is 0 Å². The summed E-state index contributed by atoms with van der Waals surface area (Å²) in [5.41, 5.74) is 0.